The van der Waals surface area contributed by atoms with Gasteiger partial charge >= 0.3 is 0 Å². The highest BCUT2D eigenvalue weighted by atomic mass is 16.5. The van der Waals surface area contributed by atoms with Gasteiger partial charge in [0, 0.05) is 12.6 Å². The van der Waals surface area contributed by atoms with Crippen LogP contribution in [0.2, 0.25) is 0 Å². The third-order valence-electron chi connectivity index (χ3n) is 2.29. The first-order valence-electron chi connectivity index (χ1n) is 5.41. The molecule has 0 heterocycles. The molecule has 14 heavy (non-hydrogen) atoms. The minimum Gasteiger partial charge on any atom is -0.376 e. The Morgan fingerprint density at radius 1 is 1.43 bits per heavy atom. The molecule has 0 bridgehead atoms. The van der Waals surface area contributed by atoms with E-state index >= 15 is 0 Å². The molecule has 0 aliphatic rings. The summed E-state index contributed by atoms with van der Waals surface area (Å²) in [6.07, 6.45) is 3.95. The maximum absolute atomic E-state index is 6.10. The van der Waals surface area contributed by atoms with Crippen LogP contribution < -0.4 is 5.73 Å². The summed E-state index contributed by atoms with van der Waals surface area (Å²) in [7, 11) is 0. The highest BCUT2D eigenvalue weighted by molar-refractivity contribution is 4.85. The van der Waals surface area contributed by atoms with Crippen LogP contribution in [0.4, 0.5) is 0 Å². The second-order valence-electron chi connectivity index (χ2n) is 4.77. The zero-order valence-corrected chi connectivity index (χ0v) is 10.0. The molecule has 2 unspecified atom stereocenters. The molecular formula is C12H25NO. The SMILES string of the molecule is C=CCCC(N)C(OCC)C(C)(C)C. The largest absolute Gasteiger partial charge is 0.376 e. The van der Waals surface area contributed by atoms with Gasteiger partial charge < -0.3 is 10.5 Å². The minimum absolute atomic E-state index is 0.105. The summed E-state index contributed by atoms with van der Waals surface area (Å²) in [6, 6.07) is 0.105. The molecule has 0 spiro atoms. The number of rotatable bonds is 6. The average molecular weight is 199 g/mol. The van der Waals surface area contributed by atoms with Gasteiger partial charge in [-0.05, 0) is 25.2 Å². The number of ether oxygens (including phenoxy) is 1. The molecule has 0 fully saturated rings. The van der Waals surface area contributed by atoms with E-state index < -0.39 is 0 Å². The fourth-order valence-corrected chi connectivity index (χ4v) is 1.66. The molecule has 0 aromatic heterocycles. The minimum atomic E-state index is 0.105. The summed E-state index contributed by atoms with van der Waals surface area (Å²) in [6.45, 7) is 12.9. The van der Waals surface area contributed by atoms with Crippen LogP contribution in [0.5, 0.6) is 0 Å². The van der Waals surface area contributed by atoms with Gasteiger partial charge in [-0.3, -0.25) is 0 Å². The molecule has 0 aromatic carbocycles. The Labute approximate surface area is 88.5 Å². The van der Waals surface area contributed by atoms with E-state index in [4.69, 9.17) is 10.5 Å². The van der Waals surface area contributed by atoms with Gasteiger partial charge in [0.15, 0.2) is 0 Å². The van der Waals surface area contributed by atoms with Crippen LogP contribution in [0, 0.1) is 5.41 Å². The second-order valence-corrected chi connectivity index (χ2v) is 4.77. The number of allylic oxidation sites excluding steroid dienone is 1. The van der Waals surface area contributed by atoms with Crippen molar-refractivity contribution < 1.29 is 4.74 Å². The number of nitrogens with two attached hydrogens (primary N) is 1. The molecule has 0 rings (SSSR count). The number of hydrogen-bond acceptors (Lipinski definition) is 2. The highest BCUT2D eigenvalue weighted by Crippen LogP contribution is 2.25. The standard InChI is InChI=1S/C12H25NO/c1-6-8-9-10(13)11(14-7-2)12(3,4)5/h6,10-11H,1,7-9,13H2,2-5H3. The molecule has 0 amide bonds. The van der Waals surface area contributed by atoms with Crippen LogP contribution in [0.25, 0.3) is 0 Å². The van der Waals surface area contributed by atoms with Gasteiger partial charge in [-0.15, -0.1) is 6.58 Å². The first-order valence-corrected chi connectivity index (χ1v) is 5.41. The van der Waals surface area contributed by atoms with Crippen molar-refractivity contribution in [3.05, 3.63) is 12.7 Å². The van der Waals surface area contributed by atoms with Gasteiger partial charge in [-0.1, -0.05) is 26.8 Å². The third-order valence-corrected chi connectivity index (χ3v) is 2.29. The highest BCUT2D eigenvalue weighted by Gasteiger charge is 2.30. The zero-order chi connectivity index (χ0) is 11.2. The summed E-state index contributed by atoms with van der Waals surface area (Å²) < 4.78 is 5.71. The van der Waals surface area contributed by atoms with E-state index in [0.717, 1.165) is 19.4 Å². The van der Waals surface area contributed by atoms with Crippen molar-refractivity contribution in [1.82, 2.24) is 0 Å². The fraction of sp³-hybridized carbons (Fsp3) is 0.833. The van der Waals surface area contributed by atoms with Gasteiger partial charge in [0.1, 0.15) is 0 Å². The van der Waals surface area contributed by atoms with Crippen molar-refractivity contribution in [1.29, 1.82) is 0 Å². The van der Waals surface area contributed by atoms with Crippen molar-refractivity contribution >= 4 is 0 Å². The Bertz CT molecular complexity index is 160. The monoisotopic (exact) mass is 199 g/mol. The summed E-state index contributed by atoms with van der Waals surface area (Å²) in [5.41, 5.74) is 6.21. The first-order chi connectivity index (χ1) is 6.43. The van der Waals surface area contributed by atoms with Crippen LogP contribution in [0.3, 0.4) is 0 Å². The molecule has 2 N–H and O–H groups in total. The normalized spacial score (nSPS) is 16.4. The van der Waals surface area contributed by atoms with E-state index in [2.05, 4.69) is 27.4 Å². The Kier molecular flexibility index (Phi) is 6.05. The Morgan fingerprint density at radius 2 is 2.00 bits per heavy atom. The van der Waals surface area contributed by atoms with Gasteiger partial charge in [0.25, 0.3) is 0 Å². The van der Waals surface area contributed by atoms with Crippen molar-refractivity contribution in [2.24, 2.45) is 11.1 Å². The van der Waals surface area contributed by atoms with Crippen LogP contribution in [-0.4, -0.2) is 18.8 Å². The van der Waals surface area contributed by atoms with Gasteiger partial charge in [0.2, 0.25) is 0 Å². The Balaban J connectivity index is 4.25. The lowest BCUT2D eigenvalue weighted by Crippen LogP contribution is -2.45. The number of hydrogen-bond donors (Lipinski definition) is 1. The van der Waals surface area contributed by atoms with Crippen LogP contribution in [0.1, 0.15) is 40.5 Å². The summed E-state index contributed by atoms with van der Waals surface area (Å²) in [4.78, 5) is 0. The molecule has 0 saturated carbocycles. The fourth-order valence-electron chi connectivity index (χ4n) is 1.66. The molecular weight excluding hydrogens is 174 g/mol. The maximum Gasteiger partial charge on any atom is 0.0773 e. The summed E-state index contributed by atoms with van der Waals surface area (Å²) in [5, 5.41) is 0. The van der Waals surface area contributed by atoms with Crippen molar-refractivity contribution in [2.75, 3.05) is 6.61 Å². The Hall–Kier alpha value is -0.340. The van der Waals surface area contributed by atoms with E-state index in [-0.39, 0.29) is 17.6 Å². The van der Waals surface area contributed by atoms with Crippen LogP contribution >= 0.6 is 0 Å². The van der Waals surface area contributed by atoms with E-state index in [1.54, 1.807) is 0 Å². The third kappa shape index (κ3) is 4.77. The summed E-state index contributed by atoms with van der Waals surface area (Å²) in [5.74, 6) is 0. The topological polar surface area (TPSA) is 35.2 Å². The second kappa shape index (κ2) is 6.20. The lowest BCUT2D eigenvalue weighted by Gasteiger charge is -2.34. The molecule has 0 aliphatic carbocycles. The van der Waals surface area contributed by atoms with Crippen molar-refractivity contribution in [2.45, 2.75) is 52.7 Å². The van der Waals surface area contributed by atoms with E-state index in [1.807, 2.05) is 13.0 Å². The lowest BCUT2D eigenvalue weighted by atomic mass is 9.83. The molecule has 0 saturated heterocycles. The zero-order valence-electron chi connectivity index (χ0n) is 10.0. The van der Waals surface area contributed by atoms with Crippen LogP contribution in [-0.2, 0) is 4.74 Å². The van der Waals surface area contributed by atoms with Gasteiger partial charge in [-0.25, -0.2) is 0 Å². The quantitative estimate of drug-likeness (QED) is 0.668. The van der Waals surface area contributed by atoms with Gasteiger partial charge in [-0.2, -0.15) is 0 Å². The average Bonchev–Trinajstić information content (AvgIpc) is 2.08. The van der Waals surface area contributed by atoms with Crippen LogP contribution in [0.15, 0.2) is 12.7 Å². The van der Waals surface area contributed by atoms with E-state index in [0.29, 0.717) is 0 Å². The van der Waals surface area contributed by atoms with E-state index in [1.165, 1.54) is 0 Å². The smallest absolute Gasteiger partial charge is 0.0773 e. The molecule has 0 radical (unpaired) electrons. The Morgan fingerprint density at radius 3 is 2.36 bits per heavy atom. The van der Waals surface area contributed by atoms with E-state index in [9.17, 15) is 0 Å². The van der Waals surface area contributed by atoms with Crippen molar-refractivity contribution in [3.63, 3.8) is 0 Å². The molecule has 2 atom stereocenters. The predicted octanol–water partition coefficient (Wildman–Crippen LogP) is 2.73. The molecule has 84 valence electrons. The maximum atomic E-state index is 6.10. The van der Waals surface area contributed by atoms with Crippen molar-refractivity contribution in [3.8, 4) is 0 Å². The lowest BCUT2D eigenvalue weighted by molar-refractivity contribution is -0.0288. The first kappa shape index (κ1) is 13.7. The molecule has 2 heteroatoms. The molecule has 0 aliphatic heterocycles. The predicted molar refractivity (Wildman–Crippen MR) is 62.3 cm³/mol. The molecule has 2 nitrogen and oxygen atoms in total. The summed E-state index contributed by atoms with van der Waals surface area (Å²) >= 11 is 0. The van der Waals surface area contributed by atoms with Gasteiger partial charge in [0.05, 0.1) is 6.10 Å². The molecule has 0 aromatic rings.